The van der Waals surface area contributed by atoms with Crippen LogP contribution in [0.15, 0.2) is 36.4 Å². The number of aromatic hydroxyl groups is 1. The fraction of sp³-hybridized carbons (Fsp3) is 0.133. The summed E-state index contributed by atoms with van der Waals surface area (Å²) in [5.74, 6) is 0.911. The van der Waals surface area contributed by atoms with Crippen molar-refractivity contribution in [2.45, 2.75) is 0 Å². The Labute approximate surface area is 136 Å². The predicted molar refractivity (Wildman–Crippen MR) is 88.3 cm³/mol. The number of carbonyl (C=O) groups is 1. The minimum Gasteiger partial charge on any atom is -0.507 e. The van der Waals surface area contributed by atoms with Crippen molar-refractivity contribution in [2.75, 3.05) is 19.5 Å². The van der Waals surface area contributed by atoms with E-state index < -0.39 is 0 Å². The maximum absolute atomic E-state index is 12.2. The third kappa shape index (κ3) is 3.78. The first-order valence-corrected chi connectivity index (χ1v) is 7.14. The van der Waals surface area contributed by atoms with Gasteiger partial charge in [-0.3, -0.25) is 4.79 Å². The Hall–Kier alpha value is -1.96. The topological polar surface area (TPSA) is 67.8 Å². The van der Waals surface area contributed by atoms with Crippen LogP contribution in [-0.2, 0) is 0 Å². The van der Waals surface area contributed by atoms with Crippen LogP contribution in [0.2, 0.25) is 0 Å². The Kier molecular flexibility index (Phi) is 4.89. The number of methoxy groups -OCH3 is 2. The van der Waals surface area contributed by atoms with Crippen molar-refractivity contribution < 1.29 is 19.4 Å². The molecule has 0 radical (unpaired) electrons. The van der Waals surface area contributed by atoms with E-state index in [-0.39, 0.29) is 11.7 Å². The first-order valence-electron chi connectivity index (χ1n) is 6.06. The van der Waals surface area contributed by atoms with Crippen molar-refractivity contribution >= 4 is 34.2 Å². The molecular weight excluding hydrogens is 385 g/mol. The highest BCUT2D eigenvalue weighted by Gasteiger charge is 2.10. The third-order valence-electron chi connectivity index (χ3n) is 2.82. The number of nitrogens with one attached hydrogen (secondary N) is 1. The van der Waals surface area contributed by atoms with Crippen LogP contribution in [0.25, 0.3) is 0 Å². The van der Waals surface area contributed by atoms with E-state index >= 15 is 0 Å². The molecule has 0 aliphatic carbocycles. The van der Waals surface area contributed by atoms with E-state index in [4.69, 9.17) is 9.47 Å². The molecule has 2 rings (SSSR count). The molecule has 0 spiro atoms. The van der Waals surface area contributed by atoms with Gasteiger partial charge in [-0.25, -0.2) is 0 Å². The summed E-state index contributed by atoms with van der Waals surface area (Å²) in [6, 6.07) is 9.84. The Morgan fingerprint density at radius 3 is 2.24 bits per heavy atom. The zero-order valence-corrected chi connectivity index (χ0v) is 13.7. The number of benzene rings is 2. The largest absolute Gasteiger partial charge is 0.507 e. The fourth-order valence-corrected chi connectivity index (χ4v) is 2.07. The van der Waals surface area contributed by atoms with E-state index in [2.05, 4.69) is 5.32 Å². The third-order valence-corrected chi connectivity index (χ3v) is 3.73. The molecule has 0 saturated carbocycles. The second-order valence-corrected chi connectivity index (χ2v) is 5.38. The first-order chi connectivity index (χ1) is 10.0. The van der Waals surface area contributed by atoms with Gasteiger partial charge in [0.2, 0.25) is 0 Å². The van der Waals surface area contributed by atoms with E-state index in [0.717, 1.165) is 0 Å². The molecule has 1 amide bonds. The average molecular weight is 399 g/mol. The van der Waals surface area contributed by atoms with Gasteiger partial charge >= 0.3 is 0 Å². The van der Waals surface area contributed by atoms with Crippen LogP contribution in [0.5, 0.6) is 17.2 Å². The lowest BCUT2D eigenvalue weighted by Crippen LogP contribution is -2.12. The van der Waals surface area contributed by atoms with Crippen molar-refractivity contribution in [3.8, 4) is 17.2 Å². The van der Waals surface area contributed by atoms with E-state index in [9.17, 15) is 9.90 Å². The molecule has 5 nitrogen and oxygen atoms in total. The van der Waals surface area contributed by atoms with Crippen molar-refractivity contribution in [1.82, 2.24) is 0 Å². The molecule has 0 saturated heterocycles. The van der Waals surface area contributed by atoms with Gasteiger partial charge in [-0.15, -0.1) is 0 Å². The molecule has 2 aromatic carbocycles. The normalized spacial score (nSPS) is 10.0. The number of halogens is 1. The lowest BCUT2D eigenvalue weighted by Gasteiger charge is -2.10. The summed E-state index contributed by atoms with van der Waals surface area (Å²) in [4.78, 5) is 12.2. The number of phenolic OH excluding ortho intramolecular Hbond substituents is 1. The van der Waals surface area contributed by atoms with Crippen LogP contribution in [0, 0.1) is 3.57 Å². The molecule has 0 heterocycles. The first kappa shape index (κ1) is 15.4. The van der Waals surface area contributed by atoms with Crippen LogP contribution in [0.4, 0.5) is 5.69 Å². The van der Waals surface area contributed by atoms with Crippen molar-refractivity contribution in [1.29, 1.82) is 0 Å². The molecule has 0 bridgehead atoms. The maximum Gasteiger partial charge on any atom is 0.255 e. The van der Waals surface area contributed by atoms with Crippen molar-refractivity contribution in [3.05, 3.63) is 45.5 Å². The number of carbonyl (C=O) groups excluding carboxylic acids is 1. The van der Waals surface area contributed by atoms with Crippen LogP contribution >= 0.6 is 22.6 Å². The van der Waals surface area contributed by atoms with Gasteiger partial charge in [0.25, 0.3) is 5.91 Å². The van der Waals surface area contributed by atoms with Gasteiger partial charge in [0.15, 0.2) is 0 Å². The molecular formula is C15H14INO4. The smallest absolute Gasteiger partial charge is 0.255 e. The van der Waals surface area contributed by atoms with Crippen molar-refractivity contribution in [2.24, 2.45) is 0 Å². The quantitative estimate of drug-likeness (QED) is 0.775. The maximum atomic E-state index is 12.2. The van der Waals surface area contributed by atoms with E-state index in [1.54, 1.807) is 30.3 Å². The molecule has 21 heavy (non-hydrogen) atoms. The second-order valence-electron chi connectivity index (χ2n) is 4.22. The number of amides is 1. The predicted octanol–water partition coefficient (Wildman–Crippen LogP) is 3.27. The van der Waals surface area contributed by atoms with Gasteiger partial charge in [-0.2, -0.15) is 0 Å². The number of ether oxygens (including phenoxy) is 2. The van der Waals surface area contributed by atoms with Gasteiger partial charge in [-0.1, -0.05) is 0 Å². The molecule has 2 aromatic rings. The molecule has 0 aliphatic rings. The lowest BCUT2D eigenvalue weighted by molar-refractivity contribution is 0.102. The highest BCUT2D eigenvalue weighted by atomic mass is 127. The van der Waals surface area contributed by atoms with Gasteiger partial charge in [-0.05, 0) is 40.8 Å². The fourth-order valence-electron chi connectivity index (χ4n) is 1.74. The number of hydrogen-bond acceptors (Lipinski definition) is 4. The molecule has 0 fully saturated rings. The molecule has 2 N–H and O–H groups in total. The SMILES string of the molecule is COc1cc(NC(=O)c2ccc(I)c(O)c2)cc(OC)c1. The summed E-state index contributed by atoms with van der Waals surface area (Å²) in [5.41, 5.74) is 0.920. The Balaban J connectivity index is 2.24. The summed E-state index contributed by atoms with van der Waals surface area (Å²) in [6.07, 6.45) is 0. The van der Waals surface area contributed by atoms with Gasteiger partial charge in [0, 0.05) is 29.4 Å². The summed E-state index contributed by atoms with van der Waals surface area (Å²) < 4.78 is 11.0. The van der Waals surface area contributed by atoms with Gasteiger partial charge < -0.3 is 19.9 Å². The van der Waals surface area contributed by atoms with Crippen LogP contribution < -0.4 is 14.8 Å². The monoisotopic (exact) mass is 399 g/mol. The Morgan fingerprint density at radius 1 is 1.10 bits per heavy atom. The van der Waals surface area contributed by atoms with Crippen LogP contribution in [0.1, 0.15) is 10.4 Å². The average Bonchev–Trinajstić information content (AvgIpc) is 2.49. The number of rotatable bonds is 4. The summed E-state index contributed by atoms with van der Waals surface area (Å²) in [7, 11) is 3.08. The molecule has 110 valence electrons. The minimum atomic E-state index is -0.322. The second kappa shape index (κ2) is 6.66. The van der Waals surface area contributed by atoms with Gasteiger partial charge in [0.05, 0.1) is 17.8 Å². The summed E-state index contributed by atoms with van der Waals surface area (Å²) in [6.45, 7) is 0. The zero-order valence-electron chi connectivity index (χ0n) is 11.5. The van der Waals surface area contributed by atoms with E-state index in [0.29, 0.717) is 26.3 Å². The highest BCUT2D eigenvalue weighted by molar-refractivity contribution is 14.1. The molecule has 0 aliphatic heterocycles. The van der Waals surface area contributed by atoms with E-state index in [1.165, 1.54) is 20.3 Å². The van der Waals surface area contributed by atoms with Crippen molar-refractivity contribution in [3.63, 3.8) is 0 Å². The molecule has 6 heteroatoms. The Bertz CT molecular complexity index is 650. The van der Waals surface area contributed by atoms with Crippen LogP contribution in [0.3, 0.4) is 0 Å². The Morgan fingerprint density at radius 2 is 1.71 bits per heavy atom. The molecule has 0 atom stereocenters. The lowest BCUT2D eigenvalue weighted by atomic mass is 10.2. The number of anilines is 1. The summed E-state index contributed by atoms with van der Waals surface area (Å²) in [5, 5.41) is 12.4. The van der Waals surface area contributed by atoms with E-state index in [1.807, 2.05) is 22.6 Å². The van der Waals surface area contributed by atoms with Crippen LogP contribution in [-0.4, -0.2) is 25.2 Å². The highest BCUT2D eigenvalue weighted by Crippen LogP contribution is 2.26. The summed E-state index contributed by atoms with van der Waals surface area (Å²) >= 11 is 1.99. The molecule has 0 aromatic heterocycles. The number of hydrogen-bond donors (Lipinski definition) is 2. The van der Waals surface area contributed by atoms with Gasteiger partial charge in [0.1, 0.15) is 17.2 Å². The zero-order chi connectivity index (χ0) is 15.4. The number of phenols is 1. The molecule has 0 unspecified atom stereocenters. The minimum absolute atomic E-state index is 0.0754. The standard InChI is InChI=1S/C15H14INO4/c1-20-11-6-10(7-12(8-11)21-2)17-15(19)9-3-4-13(16)14(18)5-9/h3-8,18H,1-2H3,(H,17,19).